The third-order valence-electron chi connectivity index (χ3n) is 3.26. The SMILES string of the molecule is CCNc1nccc(N2CCC(C(F)(F)F)CC2)n1. The Morgan fingerprint density at radius 3 is 2.63 bits per heavy atom. The Morgan fingerprint density at radius 1 is 1.37 bits per heavy atom. The standard InChI is InChI=1S/C12H17F3N4/c1-2-16-11-17-6-3-10(18-11)19-7-4-9(5-8-19)12(13,14)15/h3,6,9H,2,4-5,7-8H2,1H3,(H,16,17,18). The van der Waals surface area contributed by atoms with Crippen molar-refractivity contribution in [2.75, 3.05) is 29.9 Å². The number of rotatable bonds is 3. The first kappa shape index (κ1) is 13.9. The molecule has 0 unspecified atom stereocenters. The molecule has 0 radical (unpaired) electrons. The Labute approximate surface area is 110 Å². The molecule has 0 aliphatic carbocycles. The van der Waals surface area contributed by atoms with Crippen LogP contribution in [0.1, 0.15) is 19.8 Å². The normalized spacial score (nSPS) is 17.6. The summed E-state index contributed by atoms with van der Waals surface area (Å²) >= 11 is 0. The number of aromatic nitrogens is 2. The summed E-state index contributed by atoms with van der Waals surface area (Å²) in [4.78, 5) is 10.2. The van der Waals surface area contributed by atoms with Crippen LogP contribution in [0.4, 0.5) is 24.9 Å². The van der Waals surface area contributed by atoms with Gasteiger partial charge in [-0.05, 0) is 25.8 Å². The van der Waals surface area contributed by atoms with Crippen molar-refractivity contribution in [3.8, 4) is 0 Å². The van der Waals surface area contributed by atoms with Crippen molar-refractivity contribution in [1.29, 1.82) is 0 Å². The van der Waals surface area contributed by atoms with E-state index in [4.69, 9.17) is 0 Å². The van der Waals surface area contributed by atoms with E-state index in [1.807, 2.05) is 11.8 Å². The van der Waals surface area contributed by atoms with Gasteiger partial charge in [-0.2, -0.15) is 18.2 Å². The van der Waals surface area contributed by atoms with E-state index in [1.165, 1.54) is 0 Å². The maximum Gasteiger partial charge on any atom is 0.391 e. The minimum absolute atomic E-state index is 0.129. The van der Waals surface area contributed by atoms with Gasteiger partial charge in [-0.3, -0.25) is 0 Å². The third kappa shape index (κ3) is 3.48. The van der Waals surface area contributed by atoms with E-state index in [-0.39, 0.29) is 12.8 Å². The van der Waals surface area contributed by atoms with Gasteiger partial charge in [0.2, 0.25) is 5.95 Å². The molecule has 19 heavy (non-hydrogen) atoms. The van der Waals surface area contributed by atoms with Gasteiger partial charge in [0.05, 0.1) is 5.92 Å². The molecule has 0 aromatic carbocycles. The largest absolute Gasteiger partial charge is 0.391 e. The van der Waals surface area contributed by atoms with Crippen molar-refractivity contribution in [2.45, 2.75) is 25.9 Å². The molecule has 0 atom stereocenters. The second kappa shape index (κ2) is 5.63. The fraction of sp³-hybridized carbons (Fsp3) is 0.667. The topological polar surface area (TPSA) is 41.1 Å². The van der Waals surface area contributed by atoms with E-state index in [2.05, 4.69) is 15.3 Å². The Balaban J connectivity index is 1.99. The second-order valence-electron chi connectivity index (χ2n) is 4.57. The van der Waals surface area contributed by atoms with Crippen molar-refractivity contribution in [2.24, 2.45) is 5.92 Å². The second-order valence-corrected chi connectivity index (χ2v) is 4.57. The molecule has 1 saturated heterocycles. The average Bonchev–Trinajstić information content (AvgIpc) is 2.39. The summed E-state index contributed by atoms with van der Waals surface area (Å²) in [7, 11) is 0. The Hall–Kier alpha value is -1.53. The van der Waals surface area contributed by atoms with Gasteiger partial charge >= 0.3 is 6.18 Å². The van der Waals surface area contributed by atoms with Crippen LogP contribution in [0.25, 0.3) is 0 Å². The number of nitrogens with zero attached hydrogens (tertiary/aromatic N) is 3. The van der Waals surface area contributed by atoms with Crippen LogP contribution < -0.4 is 10.2 Å². The Kier molecular flexibility index (Phi) is 4.11. The highest BCUT2D eigenvalue weighted by Gasteiger charge is 2.41. The summed E-state index contributed by atoms with van der Waals surface area (Å²) in [6.07, 6.45) is -2.20. The van der Waals surface area contributed by atoms with Gasteiger partial charge in [0.25, 0.3) is 0 Å². The summed E-state index contributed by atoms with van der Waals surface area (Å²) in [5.41, 5.74) is 0. The smallest absolute Gasteiger partial charge is 0.356 e. The number of hydrogen-bond donors (Lipinski definition) is 1. The molecule has 1 fully saturated rings. The van der Waals surface area contributed by atoms with E-state index in [1.54, 1.807) is 12.3 Å². The van der Waals surface area contributed by atoms with E-state index in [0.717, 1.165) is 0 Å². The van der Waals surface area contributed by atoms with Gasteiger partial charge < -0.3 is 10.2 Å². The van der Waals surface area contributed by atoms with Crippen LogP contribution in [0.3, 0.4) is 0 Å². The molecule has 106 valence electrons. The van der Waals surface area contributed by atoms with E-state index < -0.39 is 12.1 Å². The van der Waals surface area contributed by atoms with Crippen LogP contribution in [0.15, 0.2) is 12.3 Å². The molecule has 1 aromatic heterocycles. The molecule has 1 aromatic rings. The number of halogens is 3. The van der Waals surface area contributed by atoms with Crippen LogP contribution in [0.2, 0.25) is 0 Å². The number of hydrogen-bond acceptors (Lipinski definition) is 4. The molecule has 4 nitrogen and oxygen atoms in total. The van der Waals surface area contributed by atoms with Crippen molar-refractivity contribution >= 4 is 11.8 Å². The number of alkyl halides is 3. The van der Waals surface area contributed by atoms with Crippen molar-refractivity contribution in [1.82, 2.24) is 9.97 Å². The van der Waals surface area contributed by atoms with Gasteiger partial charge in [0.1, 0.15) is 5.82 Å². The summed E-state index contributed by atoms with van der Waals surface area (Å²) < 4.78 is 37.7. The molecular weight excluding hydrogens is 257 g/mol. The molecular formula is C12H17F3N4. The number of nitrogens with one attached hydrogen (secondary N) is 1. The first-order valence-electron chi connectivity index (χ1n) is 6.39. The first-order chi connectivity index (χ1) is 9.00. The van der Waals surface area contributed by atoms with Crippen molar-refractivity contribution < 1.29 is 13.2 Å². The lowest BCUT2D eigenvalue weighted by atomic mass is 9.96. The van der Waals surface area contributed by atoms with E-state index in [9.17, 15) is 13.2 Å². The molecule has 1 N–H and O–H groups in total. The van der Waals surface area contributed by atoms with Crippen LogP contribution in [0.5, 0.6) is 0 Å². The lowest BCUT2D eigenvalue weighted by Crippen LogP contribution is -2.39. The van der Waals surface area contributed by atoms with Gasteiger partial charge in [-0.1, -0.05) is 0 Å². The van der Waals surface area contributed by atoms with Crippen LogP contribution >= 0.6 is 0 Å². The highest BCUT2D eigenvalue weighted by atomic mass is 19.4. The summed E-state index contributed by atoms with van der Waals surface area (Å²) in [6, 6.07) is 1.73. The van der Waals surface area contributed by atoms with Crippen LogP contribution in [-0.2, 0) is 0 Å². The molecule has 0 amide bonds. The highest BCUT2D eigenvalue weighted by Crippen LogP contribution is 2.35. The predicted octanol–water partition coefficient (Wildman–Crippen LogP) is 2.69. The Morgan fingerprint density at radius 2 is 2.05 bits per heavy atom. The fourth-order valence-corrected chi connectivity index (χ4v) is 2.20. The molecule has 0 saturated carbocycles. The molecule has 7 heteroatoms. The average molecular weight is 274 g/mol. The van der Waals surface area contributed by atoms with Crippen LogP contribution in [-0.4, -0.2) is 35.8 Å². The zero-order valence-electron chi connectivity index (χ0n) is 10.7. The van der Waals surface area contributed by atoms with Crippen molar-refractivity contribution in [3.63, 3.8) is 0 Å². The van der Waals surface area contributed by atoms with Crippen LogP contribution in [0, 0.1) is 5.92 Å². The quantitative estimate of drug-likeness (QED) is 0.920. The maximum atomic E-state index is 12.6. The molecule has 0 bridgehead atoms. The predicted molar refractivity (Wildman–Crippen MR) is 67.2 cm³/mol. The van der Waals surface area contributed by atoms with Gasteiger partial charge in [0.15, 0.2) is 0 Å². The molecule has 2 heterocycles. The molecule has 1 aliphatic heterocycles. The summed E-state index contributed by atoms with van der Waals surface area (Å²) in [6.45, 7) is 3.41. The highest BCUT2D eigenvalue weighted by molar-refractivity contribution is 5.42. The minimum atomic E-state index is -4.08. The maximum absolute atomic E-state index is 12.6. The molecule has 0 spiro atoms. The number of anilines is 2. The lowest BCUT2D eigenvalue weighted by molar-refractivity contribution is -0.179. The zero-order valence-corrected chi connectivity index (χ0v) is 10.7. The van der Waals surface area contributed by atoms with Gasteiger partial charge in [0, 0.05) is 25.8 Å². The number of piperidine rings is 1. The monoisotopic (exact) mass is 274 g/mol. The Bertz CT molecular complexity index is 414. The minimum Gasteiger partial charge on any atom is -0.356 e. The molecule has 1 aliphatic rings. The fourth-order valence-electron chi connectivity index (χ4n) is 2.20. The van der Waals surface area contributed by atoms with E-state index in [0.29, 0.717) is 31.4 Å². The van der Waals surface area contributed by atoms with E-state index >= 15 is 0 Å². The lowest BCUT2D eigenvalue weighted by Gasteiger charge is -2.33. The first-order valence-corrected chi connectivity index (χ1v) is 6.39. The zero-order chi connectivity index (χ0) is 13.9. The van der Waals surface area contributed by atoms with Crippen molar-refractivity contribution in [3.05, 3.63) is 12.3 Å². The summed E-state index contributed by atoms with van der Waals surface area (Å²) in [5.74, 6) is 0.0170. The summed E-state index contributed by atoms with van der Waals surface area (Å²) in [5, 5.41) is 2.99. The van der Waals surface area contributed by atoms with Gasteiger partial charge in [-0.25, -0.2) is 4.98 Å². The third-order valence-corrected chi connectivity index (χ3v) is 3.26. The molecule has 2 rings (SSSR count). The van der Waals surface area contributed by atoms with Gasteiger partial charge in [-0.15, -0.1) is 0 Å².